The lowest BCUT2D eigenvalue weighted by molar-refractivity contribution is 0.566. The van der Waals surface area contributed by atoms with E-state index in [0.717, 1.165) is 12.1 Å². The third-order valence-electron chi connectivity index (χ3n) is 2.86. The number of hydrogen-bond acceptors (Lipinski definition) is 3. The van der Waals surface area contributed by atoms with E-state index in [-0.39, 0.29) is 17.0 Å². The zero-order valence-electron chi connectivity index (χ0n) is 10.5. The SMILES string of the molecule is NCc1cc(CS(=O)(=O)c2ccccc2F)ccc1F. The molecule has 0 aliphatic rings. The van der Waals surface area contributed by atoms with E-state index in [4.69, 9.17) is 5.73 Å². The number of halogens is 2. The van der Waals surface area contributed by atoms with Crippen molar-refractivity contribution in [3.63, 3.8) is 0 Å². The molecule has 0 saturated heterocycles. The van der Waals surface area contributed by atoms with Crippen molar-refractivity contribution >= 4 is 9.84 Å². The molecule has 6 heteroatoms. The quantitative estimate of drug-likeness (QED) is 0.942. The Balaban J connectivity index is 2.36. The van der Waals surface area contributed by atoms with E-state index in [1.807, 2.05) is 0 Å². The van der Waals surface area contributed by atoms with E-state index >= 15 is 0 Å². The van der Waals surface area contributed by atoms with Crippen LogP contribution in [0.15, 0.2) is 47.4 Å². The van der Waals surface area contributed by atoms with Gasteiger partial charge in [-0.2, -0.15) is 0 Å². The summed E-state index contributed by atoms with van der Waals surface area (Å²) in [7, 11) is -3.82. The summed E-state index contributed by atoms with van der Waals surface area (Å²) in [5, 5.41) is 0. The van der Waals surface area contributed by atoms with Crippen LogP contribution in [0.25, 0.3) is 0 Å². The Bertz CT molecular complexity index is 730. The van der Waals surface area contributed by atoms with Crippen LogP contribution in [0.2, 0.25) is 0 Å². The smallest absolute Gasteiger partial charge is 0.185 e. The molecule has 2 aromatic rings. The van der Waals surface area contributed by atoms with E-state index in [1.54, 1.807) is 0 Å². The maximum absolute atomic E-state index is 13.5. The molecular weight excluding hydrogens is 284 g/mol. The summed E-state index contributed by atoms with van der Waals surface area (Å²) >= 11 is 0. The minimum atomic E-state index is -3.82. The summed E-state index contributed by atoms with van der Waals surface area (Å²) in [6.45, 7) is -0.0284. The van der Waals surface area contributed by atoms with Crippen LogP contribution in [0.3, 0.4) is 0 Å². The lowest BCUT2D eigenvalue weighted by Gasteiger charge is -2.07. The number of sulfone groups is 1. The highest BCUT2D eigenvalue weighted by Crippen LogP contribution is 2.20. The lowest BCUT2D eigenvalue weighted by Crippen LogP contribution is -2.08. The molecule has 106 valence electrons. The number of nitrogens with two attached hydrogens (primary N) is 1. The van der Waals surface area contributed by atoms with Crippen LogP contribution in [-0.2, 0) is 22.1 Å². The maximum Gasteiger partial charge on any atom is 0.185 e. The molecule has 0 bridgehead atoms. The fraction of sp³-hybridized carbons (Fsp3) is 0.143. The van der Waals surface area contributed by atoms with Crippen molar-refractivity contribution in [2.45, 2.75) is 17.2 Å². The van der Waals surface area contributed by atoms with Crippen LogP contribution >= 0.6 is 0 Å². The molecular formula is C14H13F2NO2S. The van der Waals surface area contributed by atoms with Gasteiger partial charge < -0.3 is 5.73 Å². The lowest BCUT2D eigenvalue weighted by atomic mass is 10.1. The van der Waals surface area contributed by atoms with Crippen LogP contribution in [0, 0.1) is 11.6 Å². The van der Waals surface area contributed by atoms with E-state index in [2.05, 4.69) is 0 Å². The van der Waals surface area contributed by atoms with Crippen molar-refractivity contribution in [2.24, 2.45) is 5.73 Å². The van der Waals surface area contributed by atoms with Gasteiger partial charge in [-0.1, -0.05) is 24.3 Å². The minimum Gasteiger partial charge on any atom is -0.326 e. The number of hydrogen-bond donors (Lipinski definition) is 1. The monoisotopic (exact) mass is 297 g/mol. The molecule has 0 amide bonds. The average molecular weight is 297 g/mol. The van der Waals surface area contributed by atoms with Crippen molar-refractivity contribution < 1.29 is 17.2 Å². The van der Waals surface area contributed by atoms with Gasteiger partial charge in [0.1, 0.15) is 16.5 Å². The Morgan fingerprint density at radius 1 is 1.00 bits per heavy atom. The van der Waals surface area contributed by atoms with Crippen molar-refractivity contribution in [3.05, 3.63) is 65.2 Å². The zero-order valence-corrected chi connectivity index (χ0v) is 11.3. The number of benzene rings is 2. The third-order valence-corrected chi connectivity index (χ3v) is 4.57. The van der Waals surface area contributed by atoms with Crippen molar-refractivity contribution in [1.29, 1.82) is 0 Å². The Morgan fingerprint density at radius 2 is 1.70 bits per heavy atom. The van der Waals surface area contributed by atoms with Gasteiger partial charge in [0.15, 0.2) is 9.84 Å². The van der Waals surface area contributed by atoms with Crippen molar-refractivity contribution in [3.8, 4) is 0 Å². The zero-order chi connectivity index (χ0) is 14.8. The summed E-state index contributed by atoms with van der Waals surface area (Å²) in [6.07, 6.45) is 0. The first-order valence-corrected chi connectivity index (χ1v) is 7.54. The molecule has 20 heavy (non-hydrogen) atoms. The summed E-state index contributed by atoms with van der Waals surface area (Å²) in [4.78, 5) is -0.362. The fourth-order valence-electron chi connectivity index (χ4n) is 1.87. The average Bonchev–Trinajstić information content (AvgIpc) is 2.41. The largest absolute Gasteiger partial charge is 0.326 e. The minimum absolute atomic E-state index is 0.0284. The molecule has 0 aromatic heterocycles. The van der Waals surface area contributed by atoms with E-state index in [9.17, 15) is 17.2 Å². The first-order valence-electron chi connectivity index (χ1n) is 5.88. The second kappa shape index (κ2) is 5.68. The number of rotatable bonds is 4. The van der Waals surface area contributed by atoms with Crippen LogP contribution < -0.4 is 5.73 Å². The Labute approximate surface area is 116 Å². The van der Waals surface area contributed by atoms with Gasteiger partial charge in [-0.3, -0.25) is 0 Å². The molecule has 0 saturated carbocycles. The first kappa shape index (κ1) is 14.6. The van der Waals surface area contributed by atoms with Crippen LogP contribution in [-0.4, -0.2) is 8.42 Å². The molecule has 0 aliphatic carbocycles. The van der Waals surface area contributed by atoms with Gasteiger partial charge in [0.05, 0.1) is 5.75 Å². The Morgan fingerprint density at radius 3 is 2.35 bits per heavy atom. The normalized spacial score (nSPS) is 11.6. The Kier molecular flexibility index (Phi) is 4.15. The highest BCUT2D eigenvalue weighted by molar-refractivity contribution is 7.90. The van der Waals surface area contributed by atoms with Gasteiger partial charge in [-0.15, -0.1) is 0 Å². The highest BCUT2D eigenvalue weighted by Gasteiger charge is 2.19. The summed E-state index contributed by atoms with van der Waals surface area (Å²) in [6, 6.07) is 9.06. The molecule has 0 fully saturated rings. The van der Waals surface area contributed by atoms with Crippen molar-refractivity contribution in [1.82, 2.24) is 0 Å². The van der Waals surface area contributed by atoms with Gasteiger partial charge in [0, 0.05) is 12.1 Å². The third kappa shape index (κ3) is 3.02. The molecule has 0 heterocycles. The molecule has 0 spiro atoms. The van der Waals surface area contributed by atoms with E-state index < -0.39 is 27.2 Å². The molecule has 0 radical (unpaired) electrons. The van der Waals surface area contributed by atoms with Gasteiger partial charge in [-0.25, -0.2) is 17.2 Å². The second-order valence-corrected chi connectivity index (χ2v) is 6.28. The van der Waals surface area contributed by atoms with Gasteiger partial charge in [-0.05, 0) is 23.8 Å². The van der Waals surface area contributed by atoms with Gasteiger partial charge in [0.25, 0.3) is 0 Å². The molecule has 0 aliphatic heterocycles. The molecule has 2 aromatic carbocycles. The summed E-state index contributed by atoms with van der Waals surface area (Å²) in [5.74, 6) is -1.69. The van der Waals surface area contributed by atoms with E-state index in [1.165, 1.54) is 30.3 Å². The topological polar surface area (TPSA) is 60.2 Å². The summed E-state index contributed by atoms with van der Waals surface area (Å²) in [5.41, 5.74) is 5.97. The fourth-order valence-corrected chi connectivity index (χ4v) is 3.29. The second-order valence-electron chi connectivity index (χ2n) is 4.32. The van der Waals surface area contributed by atoms with Crippen LogP contribution in [0.4, 0.5) is 8.78 Å². The summed E-state index contributed by atoms with van der Waals surface area (Å²) < 4.78 is 51.1. The van der Waals surface area contributed by atoms with Crippen LogP contribution in [0.1, 0.15) is 11.1 Å². The molecule has 0 unspecified atom stereocenters. The van der Waals surface area contributed by atoms with Crippen LogP contribution in [0.5, 0.6) is 0 Å². The maximum atomic E-state index is 13.5. The predicted octanol–water partition coefficient (Wildman–Crippen LogP) is 2.40. The standard InChI is InChI=1S/C14H13F2NO2S/c15-12-6-5-10(7-11(12)8-17)9-20(18,19)14-4-2-1-3-13(14)16/h1-7H,8-9,17H2. The first-order chi connectivity index (χ1) is 9.44. The predicted molar refractivity (Wildman–Crippen MR) is 71.6 cm³/mol. The molecule has 2 rings (SSSR count). The highest BCUT2D eigenvalue weighted by atomic mass is 32.2. The molecule has 2 N–H and O–H groups in total. The Hall–Kier alpha value is -1.79. The molecule has 3 nitrogen and oxygen atoms in total. The van der Waals surface area contributed by atoms with Crippen molar-refractivity contribution in [2.75, 3.05) is 0 Å². The van der Waals surface area contributed by atoms with E-state index in [0.29, 0.717) is 5.56 Å². The van der Waals surface area contributed by atoms with Gasteiger partial charge >= 0.3 is 0 Å². The molecule has 0 atom stereocenters. The van der Waals surface area contributed by atoms with Gasteiger partial charge in [0.2, 0.25) is 0 Å².